The lowest BCUT2D eigenvalue weighted by Crippen LogP contribution is -2.19. The Morgan fingerprint density at radius 1 is 0.950 bits per heavy atom. The highest BCUT2D eigenvalue weighted by Gasteiger charge is 2.26. The van der Waals surface area contributed by atoms with Crippen LogP contribution in [0.25, 0.3) is 0 Å². The van der Waals surface area contributed by atoms with E-state index >= 15 is 0 Å². The van der Waals surface area contributed by atoms with E-state index in [0.717, 1.165) is 5.56 Å². The van der Waals surface area contributed by atoms with Gasteiger partial charge >= 0.3 is 5.97 Å². The molecule has 0 heterocycles. The number of carbonyl (C=O) groups is 1. The first-order chi connectivity index (χ1) is 9.34. The maximum Gasteiger partial charge on any atom is 0.343 e. The molecule has 4 nitrogen and oxygen atoms in total. The van der Waals surface area contributed by atoms with Crippen LogP contribution < -0.4 is 0 Å². The van der Waals surface area contributed by atoms with Crippen LogP contribution in [0, 0.1) is 0 Å². The number of phenols is 2. The monoisotopic (exact) mass is 272 g/mol. The van der Waals surface area contributed by atoms with Gasteiger partial charge in [-0.1, -0.05) is 44.2 Å². The molecule has 4 heteroatoms. The van der Waals surface area contributed by atoms with Crippen LogP contribution in [-0.2, 0) is 5.41 Å². The molecule has 0 aromatic heterocycles. The molecular weight excluding hydrogens is 256 g/mol. The molecule has 0 bridgehead atoms. The number of benzene rings is 2. The van der Waals surface area contributed by atoms with Crippen LogP contribution in [0.3, 0.4) is 0 Å². The third-order valence-corrected chi connectivity index (χ3v) is 3.53. The van der Waals surface area contributed by atoms with Crippen LogP contribution in [0.15, 0.2) is 42.5 Å². The van der Waals surface area contributed by atoms with Crippen molar-refractivity contribution in [1.29, 1.82) is 0 Å². The first-order valence-electron chi connectivity index (χ1n) is 6.19. The normalized spacial score (nSPS) is 11.3. The standard InChI is InChI=1S/C16H16O4/c1-16(2,10-6-4-3-5-7-10)11-8-12(17)14(15(19)20)13(18)9-11/h3-9,17-18H,1-2H3,(H,19,20). The van der Waals surface area contributed by atoms with E-state index in [1.54, 1.807) is 0 Å². The zero-order chi connectivity index (χ0) is 14.9. The van der Waals surface area contributed by atoms with Gasteiger partial charge in [-0.2, -0.15) is 0 Å². The molecule has 0 amide bonds. The van der Waals surface area contributed by atoms with Crippen molar-refractivity contribution in [2.75, 3.05) is 0 Å². The lowest BCUT2D eigenvalue weighted by Gasteiger charge is -2.26. The molecule has 20 heavy (non-hydrogen) atoms. The summed E-state index contributed by atoms with van der Waals surface area (Å²) in [6, 6.07) is 12.4. The van der Waals surface area contributed by atoms with Crippen molar-refractivity contribution in [3.05, 3.63) is 59.2 Å². The molecule has 0 aliphatic carbocycles. The highest BCUT2D eigenvalue weighted by molar-refractivity contribution is 5.94. The zero-order valence-corrected chi connectivity index (χ0v) is 11.3. The van der Waals surface area contributed by atoms with Gasteiger partial charge in [0.25, 0.3) is 0 Å². The van der Waals surface area contributed by atoms with Crippen molar-refractivity contribution in [2.45, 2.75) is 19.3 Å². The fraction of sp³-hybridized carbons (Fsp3) is 0.188. The van der Waals surface area contributed by atoms with E-state index in [4.69, 9.17) is 5.11 Å². The maximum atomic E-state index is 11.0. The van der Waals surface area contributed by atoms with E-state index in [1.165, 1.54) is 12.1 Å². The van der Waals surface area contributed by atoms with Gasteiger partial charge in [0, 0.05) is 5.41 Å². The highest BCUT2D eigenvalue weighted by atomic mass is 16.4. The summed E-state index contributed by atoms with van der Waals surface area (Å²) in [5.74, 6) is -2.22. The largest absolute Gasteiger partial charge is 0.507 e. The Hall–Kier alpha value is -2.49. The van der Waals surface area contributed by atoms with Crippen LogP contribution in [0.2, 0.25) is 0 Å². The SMILES string of the molecule is CC(C)(c1ccccc1)c1cc(O)c(C(=O)O)c(O)c1. The fourth-order valence-corrected chi connectivity index (χ4v) is 2.21. The average Bonchev–Trinajstić information content (AvgIpc) is 2.38. The molecule has 0 fully saturated rings. The molecular formula is C16H16O4. The second kappa shape index (κ2) is 4.89. The summed E-state index contributed by atoms with van der Waals surface area (Å²) in [6.45, 7) is 3.88. The lowest BCUT2D eigenvalue weighted by molar-refractivity contribution is 0.0690. The van der Waals surface area contributed by atoms with Crippen molar-refractivity contribution in [3.8, 4) is 11.5 Å². The van der Waals surface area contributed by atoms with Crippen LogP contribution in [0.4, 0.5) is 0 Å². The molecule has 2 rings (SSSR count). The summed E-state index contributed by atoms with van der Waals surface area (Å²) in [4.78, 5) is 11.0. The summed E-state index contributed by atoms with van der Waals surface area (Å²) in [5, 5.41) is 28.6. The molecule has 2 aromatic rings. The Kier molecular flexibility index (Phi) is 3.40. The topological polar surface area (TPSA) is 77.8 Å². The van der Waals surface area contributed by atoms with Crippen molar-refractivity contribution >= 4 is 5.97 Å². The van der Waals surface area contributed by atoms with Crippen LogP contribution in [0.5, 0.6) is 11.5 Å². The van der Waals surface area contributed by atoms with E-state index in [-0.39, 0.29) is 0 Å². The van der Waals surface area contributed by atoms with Gasteiger partial charge in [0.1, 0.15) is 17.1 Å². The smallest absolute Gasteiger partial charge is 0.343 e. The van der Waals surface area contributed by atoms with E-state index in [9.17, 15) is 15.0 Å². The lowest BCUT2D eigenvalue weighted by atomic mass is 9.77. The predicted octanol–water partition coefficient (Wildman–Crippen LogP) is 3.12. The molecule has 0 radical (unpaired) electrons. The van der Waals surface area contributed by atoms with Crippen LogP contribution >= 0.6 is 0 Å². The Bertz CT molecular complexity index is 622. The molecule has 104 valence electrons. The minimum atomic E-state index is -1.36. The Labute approximate surface area is 116 Å². The highest BCUT2D eigenvalue weighted by Crippen LogP contribution is 2.37. The van der Waals surface area contributed by atoms with Gasteiger partial charge < -0.3 is 15.3 Å². The third-order valence-electron chi connectivity index (χ3n) is 3.53. The summed E-state index contributed by atoms with van der Waals surface area (Å²) < 4.78 is 0. The van der Waals surface area contributed by atoms with Crippen LogP contribution in [0.1, 0.15) is 35.3 Å². The van der Waals surface area contributed by atoms with Gasteiger partial charge in [-0.25, -0.2) is 4.79 Å². The Balaban J connectivity index is 2.57. The summed E-state index contributed by atoms with van der Waals surface area (Å²) >= 11 is 0. The molecule has 0 spiro atoms. The molecule has 0 aliphatic heterocycles. The summed E-state index contributed by atoms with van der Waals surface area (Å²) in [7, 11) is 0. The number of hydrogen-bond acceptors (Lipinski definition) is 3. The van der Waals surface area contributed by atoms with Gasteiger partial charge in [0.2, 0.25) is 0 Å². The quantitative estimate of drug-likeness (QED) is 0.802. The van der Waals surface area contributed by atoms with Gasteiger partial charge in [-0.15, -0.1) is 0 Å². The summed E-state index contributed by atoms with van der Waals surface area (Å²) in [6.07, 6.45) is 0. The molecule has 3 N–H and O–H groups in total. The van der Waals surface area contributed by atoms with Crippen molar-refractivity contribution < 1.29 is 20.1 Å². The number of hydrogen-bond donors (Lipinski definition) is 3. The van der Waals surface area contributed by atoms with Crippen LogP contribution in [-0.4, -0.2) is 21.3 Å². The first kappa shape index (κ1) is 13.9. The predicted molar refractivity (Wildman–Crippen MR) is 75.3 cm³/mol. The summed E-state index contributed by atoms with van der Waals surface area (Å²) in [5.41, 5.74) is 0.705. The fourth-order valence-electron chi connectivity index (χ4n) is 2.21. The van der Waals surface area contributed by atoms with Gasteiger partial charge in [-0.3, -0.25) is 0 Å². The average molecular weight is 272 g/mol. The molecule has 2 aromatic carbocycles. The zero-order valence-electron chi connectivity index (χ0n) is 11.3. The van der Waals surface area contributed by atoms with Crippen molar-refractivity contribution in [1.82, 2.24) is 0 Å². The van der Waals surface area contributed by atoms with Gasteiger partial charge in [0.05, 0.1) is 0 Å². The third kappa shape index (κ3) is 2.32. The van der Waals surface area contributed by atoms with E-state index < -0.39 is 28.4 Å². The van der Waals surface area contributed by atoms with E-state index in [2.05, 4.69) is 0 Å². The second-order valence-electron chi connectivity index (χ2n) is 5.19. The second-order valence-corrected chi connectivity index (χ2v) is 5.19. The van der Waals surface area contributed by atoms with Gasteiger partial charge in [0.15, 0.2) is 0 Å². The Morgan fingerprint density at radius 2 is 1.45 bits per heavy atom. The van der Waals surface area contributed by atoms with Gasteiger partial charge in [-0.05, 0) is 23.3 Å². The minimum absolute atomic E-state index is 0.434. The number of aromatic hydroxyl groups is 2. The number of rotatable bonds is 3. The van der Waals surface area contributed by atoms with Crippen molar-refractivity contribution in [2.24, 2.45) is 0 Å². The number of carboxylic acids is 1. The molecule has 0 atom stereocenters. The molecule has 0 saturated heterocycles. The molecule has 0 unspecified atom stereocenters. The number of carboxylic acid groups (broad SMARTS) is 1. The molecule has 0 saturated carbocycles. The van der Waals surface area contributed by atoms with E-state index in [1.807, 2.05) is 44.2 Å². The molecule has 0 aliphatic rings. The number of aromatic carboxylic acids is 1. The maximum absolute atomic E-state index is 11.0. The Morgan fingerprint density at radius 3 is 1.90 bits per heavy atom. The van der Waals surface area contributed by atoms with Crippen molar-refractivity contribution in [3.63, 3.8) is 0 Å². The van der Waals surface area contributed by atoms with E-state index in [0.29, 0.717) is 5.56 Å². The minimum Gasteiger partial charge on any atom is -0.507 e. The first-order valence-corrected chi connectivity index (χ1v) is 6.19.